The molecule has 1 N–H and O–H groups in total. The molecule has 0 aliphatic rings. The third-order valence-electron chi connectivity index (χ3n) is 1.84. The summed E-state index contributed by atoms with van der Waals surface area (Å²) in [6, 6.07) is 0. The van der Waals surface area contributed by atoms with E-state index in [9.17, 15) is 30.0 Å². The van der Waals surface area contributed by atoms with Gasteiger partial charge in [0.25, 0.3) is 5.82 Å². The Bertz CT molecular complexity index is 461. The number of imidazole rings is 1. The van der Waals surface area contributed by atoms with Crippen LogP contribution in [-0.4, -0.2) is 31.3 Å². The van der Waals surface area contributed by atoms with Crippen LogP contribution in [-0.2, 0) is 27.7 Å². The van der Waals surface area contributed by atoms with E-state index in [1.54, 1.807) is 13.3 Å². The third-order valence-corrected chi connectivity index (χ3v) is 1.84. The van der Waals surface area contributed by atoms with Crippen molar-refractivity contribution in [3.05, 3.63) is 18.2 Å². The van der Waals surface area contributed by atoms with E-state index < -0.39 is 7.81 Å². The zero-order valence-corrected chi connectivity index (χ0v) is 12.1. The molecule has 12 heteroatoms. The third kappa shape index (κ3) is 16.6. The number of ether oxygens (including phenoxy) is 2. The second-order valence-corrected chi connectivity index (χ2v) is 5.78. The fraction of sp³-hybridized carbons (Fsp3) is 0.556. The number of hydrogen-bond donors (Lipinski definition) is 1. The van der Waals surface area contributed by atoms with Crippen LogP contribution in [0.5, 0.6) is 0 Å². The maximum absolute atomic E-state index is 11.2. The molecule has 0 aliphatic heterocycles. The molecule has 0 saturated carbocycles. The molecule has 1 rings (SSSR count). The van der Waals surface area contributed by atoms with Crippen LogP contribution >= 0.6 is 7.81 Å². The van der Waals surface area contributed by atoms with Gasteiger partial charge in [-0.3, -0.25) is 4.79 Å². The average molecular weight is 344 g/mol. The number of nitrogens with zero attached hydrogens (tertiary/aromatic N) is 1. The van der Waals surface area contributed by atoms with Crippen LogP contribution in [0.4, 0.5) is 25.2 Å². The van der Waals surface area contributed by atoms with Crippen LogP contribution in [0.3, 0.4) is 0 Å². The van der Waals surface area contributed by atoms with Crippen LogP contribution in [0.2, 0.25) is 0 Å². The van der Waals surface area contributed by atoms with Gasteiger partial charge in [0.2, 0.25) is 0 Å². The predicted molar refractivity (Wildman–Crippen MR) is 62.1 cm³/mol. The van der Waals surface area contributed by atoms with E-state index in [-0.39, 0.29) is 12.4 Å². The van der Waals surface area contributed by atoms with Gasteiger partial charge in [-0.05, 0) is 0 Å². The van der Waals surface area contributed by atoms with Gasteiger partial charge in [-0.15, -0.1) is 0 Å². The molecular formula is C9H15F6N2O3P. The first kappa shape index (κ1) is 19.7. The first-order valence-electron chi connectivity index (χ1n) is 5.42. The van der Waals surface area contributed by atoms with E-state index in [4.69, 9.17) is 9.47 Å². The van der Waals surface area contributed by atoms with Gasteiger partial charge in [0.15, 0.2) is 0 Å². The molecule has 1 aromatic rings. The monoisotopic (exact) mass is 344 g/mol. The van der Waals surface area contributed by atoms with Gasteiger partial charge in [0, 0.05) is 7.11 Å². The van der Waals surface area contributed by atoms with Crippen molar-refractivity contribution < 1.29 is 44.0 Å². The Morgan fingerprint density at radius 1 is 1.24 bits per heavy atom. The molecule has 1 heterocycles. The molecule has 21 heavy (non-hydrogen) atoms. The van der Waals surface area contributed by atoms with Crippen molar-refractivity contribution in [1.29, 1.82) is 0 Å². The van der Waals surface area contributed by atoms with E-state index in [1.165, 1.54) is 0 Å². The summed E-state index contributed by atoms with van der Waals surface area (Å²) in [6.07, 6.45) is 3.88. The SMILES string of the molecule is COCCOC(=O)Cc1[nH]cc[n+]1C.F[P-](F)(F)(F)(F)F. The molecule has 0 bridgehead atoms. The second-order valence-electron chi connectivity index (χ2n) is 3.87. The van der Waals surface area contributed by atoms with Crippen LogP contribution in [0.15, 0.2) is 12.4 Å². The van der Waals surface area contributed by atoms with Gasteiger partial charge in [0.05, 0.1) is 13.7 Å². The standard InChI is InChI=1S/C9H14N2O3.F6P/c1-11-4-3-10-8(11)7-9(12)14-6-5-13-2;1-7(2,3,4,5)6/h3-4H,5-7H2,1-2H3;/q;-1/p+1. The molecule has 5 nitrogen and oxygen atoms in total. The fourth-order valence-corrected chi connectivity index (χ4v) is 1.04. The van der Waals surface area contributed by atoms with Gasteiger partial charge >= 0.3 is 39.0 Å². The number of methoxy groups -OCH3 is 1. The number of aryl methyl sites for hydroxylation is 1. The van der Waals surface area contributed by atoms with E-state index in [0.29, 0.717) is 13.2 Å². The van der Waals surface area contributed by atoms with Gasteiger partial charge in [-0.2, -0.15) is 0 Å². The minimum absolute atomic E-state index is 0.250. The molecule has 126 valence electrons. The number of carbonyl (C=O) groups is 1. The fourth-order valence-electron chi connectivity index (χ4n) is 1.04. The first-order valence-corrected chi connectivity index (χ1v) is 7.44. The molecule has 0 aromatic carbocycles. The topological polar surface area (TPSA) is 55.2 Å². The number of nitrogens with one attached hydrogen (secondary N) is 1. The Hall–Kier alpha value is -1.35. The number of carbonyl (C=O) groups excluding carboxylic acids is 1. The second kappa shape index (κ2) is 6.18. The summed E-state index contributed by atoms with van der Waals surface area (Å²) >= 11 is 0. The Kier molecular flexibility index (Phi) is 5.79. The van der Waals surface area contributed by atoms with E-state index in [2.05, 4.69) is 4.98 Å². The summed E-state index contributed by atoms with van der Waals surface area (Å²) in [5.41, 5.74) is 0. The summed E-state index contributed by atoms with van der Waals surface area (Å²) in [5, 5.41) is 0. The summed E-state index contributed by atoms with van der Waals surface area (Å²) in [4.78, 5) is 14.2. The van der Waals surface area contributed by atoms with Crippen LogP contribution in [0.1, 0.15) is 5.82 Å². The summed E-state index contributed by atoms with van der Waals surface area (Å²) in [6.45, 7) is 0.738. The van der Waals surface area contributed by atoms with Crippen molar-refractivity contribution >= 4 is 13.8 Å². The van der Waals surface area contributed by atoms with Crippen LogP contribution in [0, 0.1) is 0 Å². The Labute approximate surface area is 116 Å². The molecule has 0 fully saturated rings. The molecular weight excluding hydrogens is 329 g/mol. The minimum atomic E-state index is -10.7. The van der Waals surface area contributed by atoms with Gasteiger partial charge in [-0.25, -0.2) is 9.55 Å². The Balaban J connectivity index is 0.000000486. The van der Waals surface area contributed by atoms with Crippen molar-refractivity contribution in [1.82, 2.24) is 4.98 Å². The maximum atomic E-state index is 11.2. The van der Waals surface area contributed by atoms with Gasteiger partial charge in [-0.1, -0.05) is 0 Å². The van der Waals surface area contributed by atoms with Crippen molar-refractivity contribution in [2.75, 3.05) is 20.3 Å². The van der Waals surface area contributed by atoms with Gasteiger partial charge < -0.3 is 9.47 Å². The number of aromatic nitrogens is 2. The van der Waals surface area contributed by atoms with Crippen molar-refractivity contribution in [3.8, 4) is 0 Å². The number of halogens is 6. The molecule has 0 saturated heterocycles. The number of aromatic amines is 1. The van der Waals surface area contributed by atoms with E-state index in [1.807, 2.05) is 17.8 Å². The molecule has 1 aromatic heterocycles. The normalized spacial score (nSPS) is 14.5. The zero-order chi connectivity index (χ0) is 16.8. The summed E-state index contributed by atoms with van der Waals surface area (Å²) in [7, 11) is -7.22. The van der Waals surface area contributed by atoms with Crippen molar-refractivity contribution in [2.24, 2.45) is 7.05 Å². The first-order chi connectivity index (χ1) is 9.19. The van der Waals surface area contributed by atoms with Crippen molar-refractivity contribution in [3.63, 3.8) is 0 Å². The predicted octanol–water partition coefficient (Wildman–Crippen LogP) is 2.95. The van der Waals surface area contributed by atoms with Gasteiger partial charge in [0.1, 0.15) is 25.4 Å². The molecule has 0 radical (unpaired) electrons. The Morgan fingerprint density at radius 3 is 2.14 bits per heavy atom. The molecule has 0 atom stereocenters. The molecule has 0 amide bonds. The quantitative estimate of drug-likeness (QED) is 0.294. The molecule has 0 spiro atoms. The molecule has 0 aliphatic carbocycles. The zero-order valence-electron chi connectivity index (χ0n) is 11.2. The van der Waals surface area contributed by atoms with E-state index in [0.717, 1.165) is 5.82 Å². The number of hydrogen-bond acceptors (Lipinski definition) is 3. The van der Waals surface area contributed by atoms with Crippen LogP contribution < -0.4 is 4.57 Å². The number of rotatable bonds is 5. The number of esters is 1. The summed E-state index contributed by atoms with van der Waals surface area (Å²) < 4.78 is 70.7. The average Bonchev–Trinajstić information content (AvgIpc) is 2.60. The summed E-state index contributed by atoms with van der Waals surface area (Å²) in [5.74, 6) is 0.576. The number of H-pyrrole nitrogens is 1. The van der Waals surface area contributed by atoms with E-state index >= 15 is 0 Å². The van der Waals surface area contributed by atoms with Crippen molar-refractivity contribution in [2.45, 2.75) is 6.42 Å². The Morgan fingerprint density at radius 2 is 1.76 bits per heavy atom. The molecule has 0 unspecified atom stereocenters. The van der Waals surface area contributed by atoms with Crippen LogP contribution in [0.25, 0.3) is 0 Å².